The fourth-order valence-corrected chi connectivity index (χ4v) is 2.18. The SMILES string of the molecule is Cc1ncnc(NC2CCC(O)CC2)c1C=N. The standard InChI is InChI=1S/C12H18N4O/c1-8-11(6-13)12(15-7-14-8)16-9-2-4-10(17)5-3-9/h6-7,9-10,13,17H,2-5H2,1H3,(H,14,15,16). The summed E-state index contributed by atoms with van der Waals surface area (Å²) in [6.07, 6.45) is 6.21. The minimum atomic E-state index is -0.151. The first-order valence-electron chi connectivity index (χ1n) is 5.97. The second kappa shape index (κ2) is 5.23. The molecule has 1 aromatic heterocycles. The van der Waals surface area contributed by atoms with Gasteiger partial charge in [-0.15, -0.1) is 0 Å². The molecule has 5 heteroatoms. The van der Waals surface area contributed by atoms with Gasteiger partial charge in [-0.25, -0.2) is 9.97 Å². The van der Waals surface area contributed by atoms with Crippen LogP contribution in [0.15, 0.2) is 6.33 Å². The van der Waals surface area contributed by atoms with E-state index in [2.05, 4.69) is 15.3 Å². The molecule has 0 amide bonds. The Morgan fingerprint density at radius 3 is 2.71 bits per heavy atom. The van der Waals surface area contributed by atoms with E-state index in [1.165, 1.54) is 12.5 Å². The van der Waals surface area contributed by atoms with Crippen LogP contribution in [0, 0.1) is 12.3 Å². The van der Waals surface area contributed by atoms with Crippen molar-refractivity contribution in [2.75, 3.05) is 5.32 Å². The smallest absolute Gasteiger partial charge is 0.138 e. The highest BCUT2D eigenvalue weighted by molar-refractivity contribution is 5.85. The highest BCUT2D eigenvalue weighted by Crippen LogP contribution is 2.22. The quantitative estimate of drug-likeness (QED) is 0.692. The molecule has 0 aromatic carbocycles. The molecule has 2 rings (SSSR count). The van der Waals surface area contributed by atoms with E-state index in [0.717, 1.165) is 42.8 Å². The molecule has 0 unspecified atom stereocenters. The van der Waals surface area contributed by atoms with Crippen LogP contribution in [-0.2, 0) is 0 Å². The number of rotatable bonds is 3. The van der Waals surface area contributed by atoms with Gasteiger partial charge in [-0.2, -0.15) is 0 Å². The zero-order valence-corrected chi connectivity index (χ0v) is 9.98. The maximum Gasteiger partial charge on any atom is 0.138 e. The van der Waals surface area contributed by atoms with Crippen LogP contribution in [0.3, 0.4) is 0 Å². The van der Waals surface area contributed by atoms with E-state index in [9.17, 15) is 5.11 Å². The zero-order valence-electron chi connectivity index (χ0n) is 9.98. The number of aromatic nitrogens is 2. The lowest BCUT2D eigenvalue weighted by Crippen LogP contribution is -2.29. The van der Waals surface area contributed by atoms with Crippen LogP contribution in [0.4, 0.5) is 5.82 Å². The van der Waals surface area contributed by atoms with Crippen molar-refractivity contribution in [2.45, 2.75) is 44.8 Å². The van der Waals surface area contributed by atoms with E-state index < -0.39 is 0 Å². The van der Waals surface area contributed by atoms with Gasteiger partial charge in [0.25, 0.3) is 0 Å². The average molecular weight is 234 g/mol. The lowest BCUT2D eigenvalue weighted by Gasteiger charge is -2.27. The number of aliphatic hydroxyl groups excluding tert-OH is 1. The van der Waals surface area contributed by atoms with Crippen LogP contribution in [-0.4, -0.2) is 33.4 Å². The first-order chi connectivity index (χ1) is 8.20. The van der Waals surface area contributed by atoms with Crippen LogP contribution >= 0.6 is 0 Å². The summed E-state index contributed by atoms with van der Waals surface area (Å²) in [5.74, 6) is 0.730. The molecule has 1 aromatic rings. The number of hydrogen-bond donors (Lipinski definition) is 3. The van der Waals surface area contributed by atoms with E-state index in [1.54, 1.807) is 0 Å². The van der Waals surface area contributed by atoms with Crippen LogP contribution in [0.2, 0.25) is 0 Å². The van der Waals surface area contributed by atoms with Crippen LogP contribution in [0.5, 0.6) is 0 Å². The molecule has 3 N–H and O–H groups in total. The maximum atomic E-state index is 9.45. The second-order valence-corrected chi connectivity index (χ2v) is 4.52. The predicted molar refractivity (Wildman–Crippen MR) is 66.5 cm³/mol. The van der Waals surface area contributed by atoms with Gasteiger partial charge in [0, 0.05) is 12.3 Å². The molecule has 0 bridgehead atoms. The Hall–Kier alpha value is -1.49. The maximum absolute atomic E-state index is 9.45. The van der Waals surface area contributed by atoms with Crippen molar-refractivity contribution >= 4 is 12.0 Å². The van der Waals surface area contributed by atoms with Crippen molar-refractivity contribution in [2.24, 2.45) is 0 Å². The van der Waals surface area contributed by atoms with E-state index in [1.807, 2.05) is 6.92 Å². The molecule has 1 aliphatic carbocycles. The number of anilines is 1. The van der Waals surface area contributed by atoms with Gasteiger partial charge in [-0.05, 0) is 32.6 Å². The molecular formula is C12H18N4O. The van der Waals surface area contributed by atoms with Crippen molar-refractivity contribution in [3.8, 4) is 0 Å². The summed E-state index contributed by atoms with van der Waals surface area (Å²) in [6.45, 7) is 1.87. The van der Waals surface area contributed by atoms with Gasteiger partial charge >= 0.3 is 0 Å². The Morgan fingerprint density at radius 1 is 1.35 bits per heavy atom. The summed E-state index contributed by atoms with van der Waals surface area (Å²) in [6, 6.07) is 0.339. The Kier molecular flexibility index (Phi) is 3.68. The molecule has 17 heavy (non-hydrogen) atoms. The van der Waals surface area contributed by atoms with Gasteiger partial charge in [0.05, 0.1) is 17.4 Å². The molecule has 5 nitrogen and oxygen atoms in total. The van der Waals surface area contributed by atoms with Crippen molar-refractivity contribution in [1.29, 1.82) is 5.41 Å². The topological polar surface area (TPSA) is 81.9 Å². The highest BCUT2D eigenvalue weighted by atomic mass is 16.3. The van der Waals surface area contributed by atoms with Gasteiger partial charge in [-0.3, -0.25) is 0 Å². The zero-order chi connectivity index (χ0) is 12.3. The third-order valence-corrected chi connectivity index (χ3v) is 3.27. The van der Waals surface area contributed by atoms with E-state index in [-0.39, 0.29) is 6.10 Å². The molecule has 0 aliphatic heterocycles. The predicted octanol–water partition coefficient (Wildman–Crippen LogP) is 1.50. The summed E-state index contributed by atoms with van der Waals surface area (Å²) in [4.78, 5) is 8.26. The molecule has 0 radical (unpaired) electrons. The second-order valence-electron chi connectivity index (χ2n) is 4.52. The van der Waals surface area contributed by atoms with Gasteiger partial charge in [0.2, 0.25) is 0 Å². The number of nitrogens with zero attached hydrogens (tertiary/aromatic N) is 2. The Bertz CT molecular complexity index is 399. The van der Waals surface area contributed by atoms with Crippen molar-refractivity contribution < 1.29 is 5.11 Å². The summed E-state index contributed by atoms with van der Waals surface area (Å²) < 4.78 is 0. The van der Waals surface area contributed by atoms with Gasteiger partial charge in [-0.1, -0.05) is 0 Å². The number of aryl methyl sites for hydroxylation is 1. The average Bonchev–Trinajstić information content (AvgIpc) is 2.32. The molecule has 1 aliphatic rings. The fraction of sp³-hybridized carbons (Fsp3) is 0.583. The van der Waals surface area contributed by atoms with Crippen LogP contribution < -0.4 is 5.32 Å². The number of nitrogens with one attached hydrogen (secondary N) is 2. The Balaban J connectivity index is 2.08. The van der Waals surface area contributed by atoms with Crippen molar-refractivity contribution in [3.63, 3.8) is 0 Å². The normalized spacial score (nSPS) is 24.4. The van der Waals surface area contributed by atoms with Gasteiger partial charge in [0.1, 0.15) is 12.1 Å². The van der Waals surface area contributed by atoms with Crippen LogP contribution in [0.1, 0.15) is 36.9 Å². The molecule has 1 fully saturated rings. The van der Waals surface area contributed by atoms with E-state index >= 15 is 0 Å². The molecular weight excluding hydrogens is 216 g/mol. The third-order valence-electron chi connectivity index (χ3n) is 3.27. The third kappa shape index (κ3) is 2.79. The first-order valence-corrected chi connectivity index (χ1v) is 5.97. The van der Waals surface area contributed by atoms with E-state index in [4.69, 9.17) is 5.41 Å². The van der Waals surface area contributed by atoms with Crippen LogP contribution in [0.25, 0.3) is 0 Å². The Labute approximate surface area is 101 Å². The fourth-order valence-electron chi connectivity index (χ4n) is 2.18. The highest BCUT2D eigenvalue weighted by Gasteiger charge is 2.20. The number of aliphatic hydroxyl groups is 1. The van der Waals surface area contributed by atoms with Gasteiger partial charge in [0.15, 0.2) is 0 Å². The lowest BCUT2D eigenvalue weighted by atomic mass is 9.93. The lowest BCUT2D eigenvalue weighted by molar-refractivity contribution is 0.126. The van der Waals surface area contributed by atoms with Gasteiger partial charge < -0.3 is 15.8 Å². The largest absolute Gasteiger partial charge is 0.393 e. The molecule has 0 spiro atoms. The molecule has 1 saturated carbocycles. The summed E-state index contributed by atoms with van der Waals surface area (Å²) in [5, 5.41) is 20.2. The molecule has 0 atom stereocenters. The number of hydrogen-bond acceptors (Lipinski definition) is 5. The molecule has 92 valence electrons. The molecule has 0 saturated heterocycles. The molecule has 1 heterocycles. The summed E-state index contributed by atoms with van der Waals surface area (Å²) in [5.41, 5.74) is 1.56. The van der Waals surface area contributed by atoms with Crippen molar-refractivity contribution in [3.05, 3.63) is 17.6 Å². The van der Waals surface area contributed by atoms with Crippen molar-refractivity contribution in [1.82, 2.24) is 9.97 Å². The monoisotopic (exact) mass is 234 g/mol. The van der Waals surface area contributed by atoms with E-state index in [0.29, 0.717) is 6.04 Å². The Morgan fingerprint density at radius 2 is 2.06 bits per heavy atom. The minimum absolute atomic E-state index is 0.151. The summed E-state index contributed by atoms with van der Waals surface area (Å²) in [7, 11) is 0. The minimum Gasteiger partial charge on any atom is -0.393 e. The first kappa shape index (κ1) is 12.0. The summed E-state index contributed by atoms with van der Waals surface area (Å²) >= 11 is 0.